The molecule has 1 aliphatic rings. The molecule has 0 saturated heterocycles. The number of carbonyl (C=O) groups is 1. The van der Waals surface area contributed by atoms with Crippen LogP contribution in [0.4, 0.5) is 4.39 Å². The Hall–Kier alpha value is -1.42. The van der Waals surface area contributed by atoms with Gasteiger partial charge in [0, 0.05) is 5.56 Å². The van der Waals surface area contributed by atoms with E-state index in [0.717, 1.165) is 6.07 Å². The van der Waals surface area contributed by atoms with Crippen molar-refractivity contribution in [2.24, 2.45) is 0 Å². The maximum Gasteiger partial charge on any atom is 0.337 e. The van der Waals surface area contributed by atoms with E-state index in [4.69, 9.17) is 0 Å². The van der Waals surface area contributed by atoms with Crippen molar-refractivity contribution in [2.75, 3.05) is 7.11 Å². The quantitative estimate of drug-likeness (QED) is 0.754. The van der Waals surface area contributed by atoms with Gasteiger partial charge in [0.25, 0.3) is 0 Å². The van der Waals surface area contributed by atoms with Gasteiger partial charge >= 0.3 is 5.97 Å². The van der Waals surface area contributed by atoms with Crippen LogP contribution in [0.2, 0.25) is 0 Å². The molecule has 0 radical (unpaired) electrons. The van der Waals surface area contributed by atoms with Crippen molar-refractivity contribution in [2.45, 2.75) is 18.4 Å². The summed E-state index contributed by atoms with van der Waals surface area (Å²) in [5.74, 6) is -1.14. The lowest BCUT2D eigenvalue weighted by Gasteiger charge is -2.09. The Morgan fingerprint density at radius 3 is 2.67 bits per heavy atom. The van der Waals surface area contributed by atoms with E-state index in [9.17, 15) is 14.3 Å². The van der Waals surface area contributed by atoms with Crippen LogP contribution in [-0.2, 0) is 10.3 Å². The Kier molecular flexibility index (Phi) is 2.23. The molecule has 1 N–H and O–H groups in total. The highest BCUT2D eigenvalue weighted by molar-refractivity contribution is 5.89. The molecule has 0 heterocycles. The molecule has 0 aromatic heterocycles. The summed E-state index contributed by atoms with van der Waals surface area (Å²) in [5, 5.41) is 9.71. The van der Waals surface area contributed by atoms with E-state index in [1.807, 2.05) is 0 Å². The molecule has 1 aromatic rings. The number of ether oxygens (including phenoxy) is 1. The van der Waals surface area contributed by atoms with Crippen molar-refractivity contribution in [3.8, 4) is 0 Å². The van der Waals surface area contributed by atoms with Crippen LogP contribution in [0, 0.1) is 5.82 Å². The van der Waals surface area contributed by atoms with Crippen LogP contribution < -0.4 is 0 Å². The zero-order chi connectivity index (χ0) is 11.1. The van der Waals surface area contributed by atoms with Gasteiger partial charge in [0.2, 0.25) is 0 Å². The van der Waals surface area contributed by atoms with Crippen molar-refractivity contribution in [3.05, 3.63) is 35.1 Å². The normalized spacial score (nSPS) is 17.3. The van der Waals surface area contributed by atoms with Crippen LogP contribution >= 0.6 is 0 Å². The fourth-order valence-electron chi connectivity index (χ4n) is 1.53. The number of esters is 1. The van der Waals surface area contributed by atoms with Crippen molar-refractivity contribution in [1.29, 1.82) is 0 Å². The fourth-order valence-corrected chi connectivity index (χ4v) is 1.53. The van der Waals surface area contributed by atoms with Crippen molar-refractivity contribution < 1.29 is 19.0 Å². The van der Waals surface area contributed by atoms with Gasteiger partial charge in [-0.15, -0.1) is 0 Å². The van der Waals surface area contributed by atoms with Crippen molar-refractivity contribution >= 4 is 5.97 Å². The first-order valence-electron chi connectivity index (χ1n) is 4.67. The van der Waals surface area contributed by atoms with Gasteiger partial charge in [0.1, 0.15) is 5.82 Å². The molecule has 15 heavy (non-hydrogen) atoms. The molecule has 4 heteroatoms. The smallest absolute Gasteiger partial charge is 0.337 e. The standard InChI is InChI=1S/C11H11FO3/c1-15-10(13)7-2-3-8(9(12)6-7)11(14)4-5-11/h2-3,6,14H,4-5H2,1H3. The van der Waals surface area contributed by atoms with Gasteiger partial charge in [-0.1, -0.05) is 6.07 Å². The van der Waals surface area contributed by atoms with Gasteiger partial charge in [-0.05, 0) is 25.0 Å². The van der Waals surface area contributed by atoms with Crippen LogP contribution in [0.3, 0.4) is 0 Å². The monoisotopic (exact) mass is 210 g/mol. The number of aliphatic hydroxyl groups is 1. The topological polar surface area (TPSA) is 46.5 Å². The summed E-state index contributed by atoms with van der Waals surface area (Å²) in [6.45, 7) is 0. The molecule has 1 aliphatic carbocycles. The molecule has 2 rings (SSSR count). The van der Waals surface area contributed by atoms with Crippen molar-refractivity contribution in [1.82, 2.24) is 0 Å². The summed E-state index contributed by atoms with van der Waals surface area (Å²) in [7, 11) is 1.24. The summed E-state index contributed by atoms with van der Waals surface area (Å²) in [6, 6.07) is 3.99. The molecule has 0 spiro atoms. The van der Waals surface area contributed by atoms with Gasteiger partial charge in [-0.25, -0.2) is 9.18 Å². The zero-order valence-corrected chi connectivity index (χ0v) is 8.29. The minimum atomic E-state index is -1.02. The van der Waals surface area contributed by atoms with E-state index in [2.05, 4.69) is 4.74 Å². The van der Waals surface area contributed by atoms with E-state index in [0.29, 0.717) is 12.8 Å². The first-order valence-corrected chi connectivity index (χ1v) is 4.67. The van der Waals surface area contributed by atoms with Gasteiger partial charge in [-0.3, -0.25) is 0 Å². The van der Waals surface area contributed by atoms with Gasteiger partial charge in [-0.2, -0.15) is 0 Å². The Labute approximate surface area is 86.5 Å². The van der Waals surface area contributed by atoms with E-state index in [1.54, 1.807) is 0 Å². The fraction of sp³-hybridized carbons (Fsp3) is 0.364. The Morgan fingerprint density at radius 2 is 2.20 bits per heavy atom. The molecule has 0 aliphatic heterocycles. The second-order valence-electron chi connectivity index (χ2n) is 3.72. The number of hydrogen-bond acceptors (Lipinski definition) is 3. The zero-order valence-electron chi connectivity index (χ0n) is 8.29. The molecule has 0 bridgehead atoms. The lowest BCUT2D eigenvalue weighted by molar-refractivity contribution is 0.0599. The summed E-state index contributed by atoms with van der Waals surface area (Å²) in [6.07, 6.45) is 1.14. The summed E-state index contributed by atoms with van der Waals surface area (Å²) in [5.41, 5.74) is -0.600. The third kappa shape index (κ3) is 1.72. The van der Waals surface area contributed by atoms with E-state index in [1.165, 1.54) is 19.2 Å². The van der Waals surface area contributed by atoms with E-state index < -0.39 is 17.4 Å². The molecule has 0 unspecified atom stereocenters. The number of methoxy groups -OCH3 is 1. The van der Waals surface area contributed by atoms with Gasteiger partial charge in [0.05, 0.1) is 18.3 Å². The Bertz CT molecular complexity index is 410. The summed E-state index contributed by atoms with van der Waals surface area (Å²) >= 11 is 0. The summed E-state index contributed by atoms with van der Waals surface area (Å²) in [4.78, 5) is 11.1. The lowest BCUT2D eigenvalue weighted by Crippen LogP contribution is -2.09. The number of halogens is 1. The molecule has 1 fully saturated rings. The number of rotatable bonds is 2. The number of hydrogen-bond donors (Lipinski definition) is 1. The third-order valence-corrected chi connectivity index (χ3v) is 2.62. The molecule has 0 amide bonds. The van der Waals surface area contributed by atoms with Gasteiger partial charge < -0.3 is 9.84 Å². The highest BCUT2D eigenvalue weighted by Crippen LogP contribution is 2.46. The number of benzene rings is 1. The van der Waals surface area contributed by atoms with Crippen molar-refractivity contribution in [3.63, 3.8) is 0 Å². The molecule has 1 aromatic carbocycles. The molecular formula is C11H11FO3. The van der Waals surface area contributed by atoms with E-state index >= 15 is 0 Å². The second-order valence-corrected chi connectivity index (χ2v) is 3.72. The average molecular weight is 210 g/mol. The number of carbonyl (C=O) groups excluding carboxylic acids is 1. The maximum absolute atomic E-state index is 13.5. The van der Waals surface area contributed by atoms with Crippen LogP contribution in [0.1, 0.15) is 28.8 Å². The highest BCUT2D eigenvalue weighted by Gasteiger charge is 2.44. The van der Waals surface area contributed by atoms with Crippen LogP contribution in [0.5, 0.6) is 0 Å². The first-order chi connectivity index (χ1) is 7.07. The highest BCUT2D eigenvalue weighted by atomic mass is 19.1. The van der Waals surface area contributed by atoms with E-state index in [-0.39, 0.29) is 11.1 Å². The van der Waals surface area contributed by atoms with Gasteiger partial charge in [0.15, 0.2) is 0 Å². The minimum absolute atomic E-state index is 0.156. The lowest BCUT2D eigenvalue weighted by atomic mass is 10.0. The Morgan fingerprint density at radius 1 is 1.53 bits per heavy atom. The minimum Gasteiger partial charge on any atom is -0.465 e. The maximum atomic E-state index is 13.5. The SMILES string of the molecule is COC(=O)c1ccc(C2(O)CC2)c(F)c1. The second kappa shape index (κ2) is 3.31. The predicted octanol–water partition coefficient (Wildman–Crippen LogP) is 1.59. The third-order valence-electron chi connectivity index (χ3n) is 2.62. The molecule has 80 valence electrons. The molecule has 0 atom stereocenters. The van der Waals surface area contributed by atoms with Crippen LogP contribution in [0.15, 0.2) is 18.2 Å². The first kappa shape index (κ1) is 10.1. The largest absolute Gasteiger partial charge is 0.465 e. The molecular weight excluding hydrogens is 199 g/mol. The van der Waals surface area contributed by atoms with Crippen LogP contribution in [-0.4, -0.2) is 18.2 Å². The van der Waals surface area contributed by atoms with Crippen LogP contribution in [0.25, 0.3) is 0 Å². The summed E-state index contributed by atoms with van der Waals surface area (Å²) < 4.78 is 18.0. The average Bonchev–Trinajstić information content (AvgIpc) is 2.96. The Balaban J connectivity index is 2.35. The molecule has 3 nitrogen and oxygen atoms in total. The predicted molar refractivity (Wildman–Crippen MR) is 50.9 cm³/mol. The molecule has 1 saturated carbocycles.